The number of thiazole rings is 1. The maximum absolute atomic E-state index is 11.7. The van der Waals surface area contributed by atoms with Gasteiger partial charge in [-0.15, -0.1) is 11.3 Å². The molecule has 0 aliphatic carbocycles. The quantitative estimate of drug-likeness (QED) is 0.860. The Bertz CT molecular complexity index is 431. The highest BCUT2D eigenvalue weighted by Gasteiger charge is 2.13. The highest BCUT2D eigenvalue weighted by molar-refractivity contribution is 7.15. The van der Waals surface area contributed by atoms with E-state index in [9.17, 15) is 9.59 Å². The van der Waals surface area contributed by atoms with E-state index in [4.69, 9.17) is 5.11 Å². The van der Waals surface area contributed by atoms with Crippen molar-refractivity contribution in [3.8, 4) is 0 Å². The van der Waals surface area contributed by atoms with Crippen molar-refractivity contribution in [2.24, 2.45) is 0 Å². The molecule has 18 heavy (non-hydrogen) atoms. The second kappa shape index (κ2) is 6.34. The second-order valence-electron chi connectivity index (χ2n) is 4.22. The molecule has 1 heterocycles. The standard InChI is InChI=1S/C11H17N3O3S/c1-7(2)8-6-12-10(18-8)13-11(17)14(3)5-4-9(15)16/h6-7H,4-5H2,1-3H3,(H,15,16)(H,12,13,17). The molecule has 0 aliphatic heterocycles. The van der Waals surface area contributed by atoms with Crippen LogP contribution in [0.3, 0.4) is 0 Å². The van der Waals surface area contributed by atoms with Crippen LogP contribution < -0.4 is 5.32 Å². The Kier molecular flexibility index (Phi) is 5.08. The molecule has 0 saturated carbocycles. The van der Waals surface area contributed by atoms with E-state index in [2.05, 4.69) is 24.1 Å². The summed E-state index contributed by atoms with van der Waals surface area (Å²) in [6.07, 6.45) is 1.67. The molecule has 2 N–H and O–H groups in total. The number of hydrogen-bond acceptors (Lipinski definition) is 4. The molecule has 0 unspecified atom stereocenters. The average molecular weight is 271 g/mol. The molecular weight excluding hydrogens is 254 g/mol. The first-order chi connectivity index (χ1) is 8.40. The molecule has 6 nitrogen and oxygen atoms in total. The van der Waals surface area contributed by atoms with Crippen molar-refractivity contribution in [1.82, 2.24) is 9.88 Å². The maximum atomic E-state index is 11.7. The predicted molar refractivity (Wildman–Crippen MR) is 70.1 cm³/mol. The van der Waals surface area contributed by atoms with Crippen molar-refractivity contribution in [2.45, 2.75) is 26.2 Å². The first kappa shape index (κ1) is 14.4. The largest absolute Gasteiger partial charge is 0.481 e. The number of amides is 2. The number of carboxylic acid groups (broad SMARTS) is 1. The van der Waals surface area contributed by atoms with Gasteiger partial charge >= 0.3 is 12.0 Å². The van der Waals surface area contributed by atoms with E-state index in [1.807, 2.05) is 0 Å². The van der Waals surface area contributed by atoms with E-state index in [0.29, 0.717) is 11.0 Å². The minimum Gasteiger partial charge on any atom is -0.481 e. The highest BCUT2D eigenvalue weighted by atomic mass is 32.1. The number of carbonyl (C=O) groups is 2. The Morgan fingerprint density at radius 1 is 1.56 bits per heavy atom. The van der Waals surface area contributed by atoms with Crippen LogP contribution in [0.1, 0.15) is 31.1 Å². The third-order valence-electron chi connectivity index (χ3n) is 2.31. The summed E-state index contributed by atoms with van der Waals surface area (Å²) in [7, 11) is 1.55. The molecule has 0 bridgehead atoms. The van der Waals surface area contributed by atoms with Crippen molar-refractivity contribution in [2.75, 3.05) is 18.9 Å². The van der Waals surface area contributed by atoms with Crippen LogP contribution in [0.25, 0.3) is 0 Å². The lowest BCUT2D eigenvalue weighted by Crippen LogP contribution is -2.33. The number of carboxylic acids is 1. The predicted octanol–water partition coefficient (Wildman–Crippen LogP) is 2.20. The Morgan fingerprint density at radius 3 is 2.72 bits per heavy atom. The molecular formula is C11H17N3O3S. The number of nitrogens with one attached hydrogen (secondary N) is 1. The van der Waals surface area contributed by atoms with Crippen LogP contribution >= 0.6 is 11.3 Å². The van der Waals surface area contributed by atoms with E-state index < -0.39 is 5.97 Å². The lowest BCUT2D eigenvalue weighted by Gasteiger charge is -2.15. The maximum Gasteiger partial charge on any atom is 0.323 e. The molecule has 1 aromatic rings. The fourth-order valence-electron chi connectivity index (χ4n) is 1.16. The summed E-state index contributed by atoms with van der Waals surface area (Å²) in [5, 5.41) is 11.7. The van der Waals surface area contributed by atoms with Crippen LogP contribution in [0.2, 0.25) is 0 Å². The number of carbonyl (C=O) groups excluding carboxylic acids is 1. The highest BCUT2D eigenvalue weighted by Crippen LogP contribution is 2.25. The van der Waals surface area contributed by atoms with Gasteiger partial charge in [0.1, 0.15) is 0 Å². The topological polar surface area (TPSA) is 82.5 Å². The lowest BCUT2D eigenvalue weighted by molar-refractivity contribution is -0.137. The van der Waals surface area contributed by atoms with Crippen molar-refractivity contribution >= 4 is 28.5 Å². The fourth-order valence-corrected chi connectivity index (χ4v) is 1.97. The lowest BCUT2D eigenvalue weighted by atomic mass is 10.2. The number of nitrogens with zero attached hydrogens (tertiary/aromatic N) is 2. The summed E-state index contributed by atoms with van der Waals surface area (Å²) in [6.45, 7) is 4.28. The second-order valence-corrected chi connectivity index (χ2v) is 5.28. The number of urea groups is 1. The molecule has 0 radical (unpaired) electrons. The van der Waals surface area contributed by atoms with Gasteiger partial charge < -0.3 is 10.0 Å². The van der Waals surface area contributed by atoms with Crippen LogP contribution in [0.4, 0.5) is 9.93 Å². The third kappa shape index (κ3) is 4.33. The van der Waals surface area contributed by atoms with Crippen molar-refractivity contribution in [1.29, 1.82) is 0 Å². The van der Waals surface area contributed by atoms with Crippen LogP contribution in [0.15, 0.2) is 6.20 Å². The van der Waals surface area contributed by atoms with Crippen LogP contribution in [-0.2, 0) is 4.79 Å². The molecule has 0 spiro atoms. The van der Waals surface area contributed by atoms with E-state index in [-0.39, 0.29) is 19.0 Å². The van der Waals surface area contributed by atoms with Crippen molar-refractivity contribution in [3.05, 3.63) is 11.1 Å². The van der Waals surface area contributed by atoms with Gasteiger partial charge in [-0.2, -0.15) is 0 Å². The zero-order valence-corrected chi connectivity index (χ0v) is 11.5. The zero-order valence-electron chi connectivity index (χ0n) is 10.6. The summed E-state index contributed by atoms with van der Waals surface area (Å²) in [4.78, 5) is 28.6. The van der Waals surface area contributed by atoms with Crippen LogP contribution in [0, 0.1) is 0 Å². The van der Waals surface area contributed by atoms with E-state index >= 15 is 0 Å². The summed E-state index contributed by atoms with van der Waals surface area (Å²) in [5.74, 6) is -0.552. The summed E-state index contributed by atoms with van der Waals surface area (Å²) < 4.78 is 0. The SMILES string of the molecule is CC(C)c1cnc(NC(=O)N(C)CCC(=O)O)s1. The van der Waals surface area contributed by atoms with Gasteiger partial charge in [0.05, 0.1) is 6.42 Å². The number of aliphatic carboxylic acids is 1. The van der Waals surface area contributed by atoms with Gasteiger partial charge in [0.15, 0.2) is 5.13 Å². The zero-order chi connectivity index (χ0) is 13.7. The van der Waals surface area contributed by atoms with Gasteiger partial charge in [-0.25, -0.2) is 9.78 Å². The molecule has 7 heteroatoms. The fraction of sp³-hybridized carbons (Fsp3) is 0.545. The minimum atomic E-state index is -0.925. The van der Waals surface area contributed by atoms with Crippen molar-refractivity contribution < 1.29 is 14.7 Å². The molecule has 1 aromatic heterocycles. The Hall–Kier alpha value is -1.63. The van der Waals surface area contributed by atoms with Crippen LogP contribution in [0.5, 0.6) is 0 Å². The molecule has 2 amide bonds. The first-order valence-corrected chi connectivity index (χ1v) is 6.41. The summed E-state index contributed by atoms with van der Waals surface area (Å²) >= 11 is 1.43. The van der Waals surface area contributed by atoms with Gasteiger partial charge in [-0.3, -0.25) is 10.1 Å². The Balaban J connectivity index is 2.50. The van der Waals surface area contributed by atoms with Gasteiger partial charge in [0.2, 0.25) is 0 Å². The van der Waals surface area contributed by atoms with E-state index in [1.54, 1.807) is 13.2 Å². The van der Waals surface area contributed by atoms with E-state index in [1.165, 1.54) is 16.2 Å². The molecule has 0 fully saturated rings. The van der Waals surface area contributed by atoms with Gasteiger partial charge in [0, 0.05) is 24.7 Å². The summed E-state index contributed by atoms with van der Waals surface area (Å²) in [5.41, 5.74) is 0. The number of anilines is 1. The Morgan fingerprint density at radius 2 is 2.22 bits per heavy atom. The number of aromatic nitrogens is 1. The minimum absolute atomic E-state index is 0.0704. The average Bonchev–Trinajstić information content (AvgIpc) is 2.74. The monoisotopic (exact) mass is 271 g/mol. The summed E-state index contributed by atoms with van der Waals surface area (Å²) in [6, 6.07) is -0.346. The van der Waals surface area contributed by atoms with Gasteiger partial charge in [-0.1, -0.05) is 13.8 Å². The molecule has 0 aliphatic rings. The van der Waals surface area contributed by atoms with Gasteiger partial charge in [0.25, 0.3) is 0 Å². The molecule has 0 saturated heterocycles. The molecule has 100 valence electrons. The number of hydrogen-bond donors (Lipinski definition) is 2. The third-order valence-corrected chi connectivity index (χ3v) is 3.53. The van der Waals surface area contributed by atoms with Gasteiger partial charge in [-0.05, 0) is 5.92 Å². The Labute approximate surface area is 110 Å². The van der Waals surface area contributed by atoms with Crippen LogP contribution in [-0.4, -0.2) is 40.6 Å². The van der Waals surface area contributed by atoms with E-state index in [0.717, 1.165) is 4.88 Å². The molecule has 1 rings (SSSR count). The molecule has 0 aromatic carbocycles. The van der Waals surface area contributed by atoms with Crippen molar-refractivity contribution in [3.63, 3.8) is 0 Å². The first-order valence-electron chi connectivity index (χ1n) is 5.59. The smallest absolute Gasteiger partial charge is 0.323 e. The molecule has 0 atom stereocenters. The number of rotatable bonds is 5. The normalized spacial score (nSPS) is 10.4.